The van der Waals surface area contributed by atoms with Crippen LogP contribution in [0.2, 0.25) is 0 Å². The van der Waals surface area contributed by atoms with Gasteiger partial charge >= 0.3 is 6.18 Å². The molecule has 1 heterocycles. The van der Waals surface area contributed by atoms with Crippen LogP contribution in [0.5, 0.6) is 0 Å². The minimum Gasteiger partial charge on any atom is -0.381 e. The van der Waals surface area contributed by atoms with Gasteiger partial charge in [-0.25, -0.2) is 0 Å². The van der Waals surface area contributed by atoms with Crippen molar-refractivity contribution in [1.82, 2.24) is 0 Å². The Balaban J connectivity index is 1.72. The third-order valence-corrected chi connectivity index (χ3v) is 4.87. The minimum absolute atomic E-state index is 0.00772. The van der Waals surface area contributed by atoms with Gasteiger partial charge in [0, 0.05) is 29.7 Å². The summed E-state index contributed by atoms with van der Waals surface area (Å²) in [5.41, 5.74) is 0.137. The van der Waals surface area contributed by atoms with Gasteiger partial charge in [0.25, 0.3) is 0 Å². The van der Waals surface area contributed by atoms with Crippen LogP contribution in [-0.2, 0) is 10.9 Å². The molecule has 1 aromatic rings. The molecule has 2 fully saturated rings. The second-order valence-corrected chi connectivity index (χ2v) is 6.62. The number of hydrogen-bond donors (Lipinski definition) is 1. The maximum Gasteiger partial charge on any atom is 0.416 e. The number of nitrogens with one attached hydrogen (secondary N) is 1. The lowest BCUT2D eigenvalue weighted by Gasteiger charge is -2.60. The Morgan fingerprint density at radius 3 is 2.48 bits per heavy atom. The molecule has 0 radical (unpaired) electrons. The Morgan fingerprint density at radius 2 is 1.86 bits per heavy atom. The van der Waals surface area contributed by atoms with Crippen molar-refractivity contribution in [2.45, 2.75) is 45.0 Å². The van der Waals surface area contributed by atoms with E-state index in [9.17, 15) is 13.2 Å². The van der Waals surface area contributed by atoms with Crippen molar-refractivity contribution in [3.05, 3.63) is 29.8 Å². The molecule has 1 aliphatic heterocycles. The fourth-order valence-corrected chi connectivity index (χ4v) is 3.75. The van der Waals surface area contributed by atoms with E-state index in [1.54, 1.807) is 0 Å². The average molecular weight is 299 g/mol. The second-order valence-electron chi connectivity index (χ2n) is 6.62. The number of rotatable bonds is 2. The molecule has 3 atom stereocenters. The van der Waals surface area contributed by atoms with Gasteiger partial charge < -0.3 is 10.1 Å². The molecular formula is C16H20F3NO. The smallest absolute Gasteiger partial charge is 0.381 e. The van der Waals surface area contributed by atoms with Crippen molar-refractivity contribution >= 4 is 5.69 Å². The van der Waals surface area contributed by atoms with Crippen molar-refractivity contribution in [1.29, 1.82) is 0 Å². The maximum absolute atomic E-state index is 12.6. The van der Waals surface area contributed by atoms with Gasteiger partial charge in [0.15, 0.2) is 0 Å². The lowest BCUT2D eigenvalue weighted by atomic mass is 9.55. The van der Waals surface area contributed by atoms with Crippen LogP contribution in [0.1, 0.15) is 32.3 Å². The molecular weight excluding hydrogens is 279 g/mol. The summed E-state index contributed by atoms with van der Waals surface area (Å²) < 4.78 is 43.5. The molecule has 3 unspecified atom stereocenters. The number of hydrogen-bond acceptors (Lipinski definition) is 2. The number of ether oxygens (including phenoxy) is 1. The third-order valence-electron chi connectivity index (χ3n) is 4.87. The molecule has 0 aromatic heterocycles. The summed E-state index contributed by atoms with van der Waals surface area (Å²) in [6.07, 6.45) is -1.84. The molecule has 0 bridgehead atoms. The Morgan fingerprint density at radius 1 is 1.19 bits per heavy atom. The summed E-state index contributed by atoms with van der Waals surface area (Å²) in [5.74, 6) is 0.455. The molecule has 3 rings (SSSR count). The summed E-state index contributed by atoms with van der Waals surface area (Å²) in [5, 5.41) is 3.40. The summed E-state index contributed by atoms with van der Waals surface area (Å²) >= 11 is 0. The topological polar surface area (TPSA) is 21.3 Å². The summed E-state index contributed by atoms with van der Waals surface area (Å²) in [4.78, 5) is 0. The first-order valence-electron chi connectivity index (χ1n) is 7.35. The van der Waals surface area contributed by atoms with E-state index in [-0.39, 0.29) is 17.6 Å². The molecule has 116 valence electrons. The summed E-state index contributed by atoms with van der Waals surface area (Å²) in [7, 11) is 0. The molecule has 1 saturated heterocycles. The normalized spacial score (nSPS) is 31.2. The molecule has 1 aliphatic carbocycles. The van der Waals surface area contributed by atoms with Crippen LogP contribution in [0.25, 0.3) is 0 Å². The van der Waals surface area contributed by atoms with E-state index in [0.29, 0.717) is 5.92 Å². The molecule has 5 heteroatoms. The van der Waals surface area contributed by atoms with Crippen molar-refractivity contribution in [3.8, 4) is 0 Å². The molecule has 2 aliphatic rings. The van der Waals surface area contributed by atoms with Gasteiger partial charge in [0.05, 0.1) is 11.7 Å². The van der Waals surface area contributed by atoms with Gasteiger partial charge in [0.2, 0.25) is 0 Å². The average Bonchev–Trinajstić information content (AvgIpc) is 2.44. The zero-order chi connectivity index (χ0) is 15.3. The van der Waals surface area contributed by atoms with Gasteiger partial charge in [-0.1, -0.05) is 13.8 Å². The first kappa shape index (κ1) is 14.7. The van der Waals surface area contributed by atoms with E-state index in [1.807, 2.05) is 0 Å². The highest BCUT2D eigenvalue weighted by atomic mass is 19.4. The van der Waals surface area contributed by atoms with Crippen molar-refractivity contribution in [2.75, 3.05) is 11.9 Å². The number of halogens is 3. The number of fused-ring (bicyclic) bond motifs is 1. The Hall–Kier alpha value is -1.23. The molecule has 0 spiro atoms. The number of alkyl halides is 3. The molecule has 1 saturated carbocycles. The maximum atomic E-state index is 12.6. The lowest BCUT2D eigenvalue weighted by Crippen LogP contribution is -2.67. The van der Waals surface area contributed by atoms with Gasteiger partial charge in [-0.2, -0.15) is 13.2 Å². The fraction of sp³-hybridized carbons (Fsp3) is 0.625. The van der Waals surface area contributed by atoms with Crippen LogP contribution in [0.4, 0.5) is 18.9 Å². The first-order valence-corrected chi connectivity index (χ1v) is 7.35. The van der Waals surface area contributed by atoms with Crippen molar-refractivity contribution < 1.29 is 17.9 Å². The minimum atomic E-state index is -4.28. The van der Waals surface area contributed by atoms with E-state index in [2.05, 4.69) is 19.2 Å². The standard InChI is InChI=1S/C16H20F3NO/c1-15(2)13(12-4-3-9-21-14(12)15)20-11-7-5-10(6-8-11)16(17,18)19/h5-8,12-14,20H,3-4,9H2,1-2H3. The SMILES string of the molecule is CC1(C)C(Nc2ccc(C(F)(F)F)cc2)C2CCCOC21. The zero-order valence-corrected chi connectivity index (χ0v) is 12.2. The monoisotopic (exact) mass is 299 g/mol. The lowest BCUT2D eigenvalue weighted by molar-refractivity contribution is -0.177. The largest absolute Gasteiger partial charge is 0.416 e. The molecule has 2 nitrogen and oxygen atoms in total. The van der Waals surface area contributed by atoms with E-state index < -0.39 is 11.7 Å². The van der Waals surface area contributed by atoms with Crippen LogP contribution < -0.4 is 5.32 Å². The van der Waals surface area contributed by atoms with Crippen molar-refractivity contribution in [2.24, 2.45) is 11.3 Å². The second kappa shape index (κ2) is 4.90. The zero-order valence-electron chi connectivity index (χ0n) is 12.2. The third kappa shape index (κ3) is 2.52. The van der Waals surface area contributed by atoms with Gasteiger partial charge in [-0.3, -0.25) is 0 Å². The van der Waals surface area contributed by atoms with Crippen LogP contribution in [0, 0.1) is 11.3 Å². The van der Waals surface area contributed by atoms with Crippen molar-refractivity contribution in [3.63, 3.8) is 0 Å². The van der Waals surface area contributed by atoms with Crippen LogP contribution in [0.3, 0.4) is 0 Å². The number of anilines is 1. The van der Waals surface area contributed by atoms with E-state index >= 15 is 0 Å². The highest BCUT2D eigenvalue weighted by Crippen LogP contribution is 2.52. The van der Waals surface area contributed by atoms with Crippen LogP contribution in [-0.4, -0.2) is 18.8 Å². The summed E-state index contributed by atoms with van der Waals surface area (Å²) in [6, 6.07) is 5.52. The number of benzene rings is 1. The van der Waals surface area contributed by atoms with Gasteiger partial charge in [-0.05, 0) is 37.1 Å². The molecule has 0 amide bonds. The molecule has 1 aromatic carbocycles. The Labute approximate surface area is 122 Å². The predicted molar refractivity (Wildman–Crippen MR) is 75.1 cm³/mol. The van der Waals surface area contributed by atoms with E-state index in [4.69, 9.17) is 4.74 Å². The van der Waals surface area contributed by atoms with Crippen LogP contribution in [0.15, 0.2) is 24.3 Å². The van der Waals surface area contributed by atoms with Gasteiger partial charge in [0.1, 0.15) is 0 Å². The highest BCUT2D eigenvalue weighted by Gasteiger charge is 2.57. The van der Waals surface area contributed by atoms with Crippen LogP contribution >= 0.6 is 0 Å². The molecule has 1 N–H and O–H groups in total. The highest BCUT2D eigenvalue weighted by molar-refractivity contribution is 5.47. The quantitative estimate of drug-likeness (QED) is 0.878. The predicted octanol–water partition coefficient (Wildman–Crippen LogP) is 4.32. The Kier molecular flexibility index (Phi) is 3.43. The van der Waals surface area contributed by atoms with E-state index in [0.717, 1.165) is 37.3 Å². The van der Waals surface area contributed by atoms with Gasteiger partial charge in [-0.15, -0.1) is 0 Å². The molecule has 21 heavy (non-hydrogen) atoms. The Bertz CT molecular complexity index is 509. The fourth-order valence-electron chi connectivity index (χ4n) is 3.75. The first-order chi connectivity index (χ1) is 9.80. The van der Waals surface area contributed by atoms with E-state index in [1.165, 1.54) is 12.1 Å². The summed E-state index contributed by atoms with van der Waals surface area (Å²) in [6.45, 7) is 5.13.